The number of rotatable bonds is 3. The SMILES string of the molecule is CC(C)[C@@H](N)c1nc(-c2ncccc2Br)no1. The zero-order chi connectivity index (χ0) is 12.4. The van der Waals surface area contributed by atoms with Crippen LogP contribution >= 0.6 is 15.9 Å². The molecule has 0 aromatic carbocycles. The zero-order valence-electron chi connectivity index (χ0n) is 9.59. The van der Waals surface area contributed by atoms with Crippen LogP contribution in [-0.2, 0) is 0 Å². The lowest BCUT2D eigenvalue weighted by Gasteiger charge is -2.09. The van der Waals surface area contributed by atoms with Gasteiger partial charge >= 0.3 is 0 Å². The Morgan fingerprint density at radius 1 is 1.41 bits per heavy atom. The molecule has 2 heterocycles. The Morgan fingerprint density at radius 3 is 2.82 bits per heavy atom. The van der Waals surface area contributed by atoms with Crippen LogP contribution in [0.3, 0.4) is 0 Å². The van der Waals surface area contributed by atoms with Gasteiger partial charge in [0.25, 0.3) is 0 Å². The maximum atomic E-state index is 5.94. The highest BCUT2D eigenvalue weighted by atomic mass is 79.9. The maximum absolute atomic E-state index is 5.94. The van der Waals surface area contributed by atoms with E-state index in [0.29, 0.717) is 17.4 Å². The average molecular weight is 297 g/mol. The molecule has 6 heteroatoms. The molecule has 90 valence electrons. The molecule has 17 heavy (non-hydrogen) atoms. The van der Waals surface area contributed by atoms with E-state index in [1.165, 1.54) is 0 Å². The number of hydrogen-bond acceptors (Lipinski definition) is 5. The van der Waals surface area contributed by atoms with Crippen molar-refractivity contribution in [1.82, 2.24) is 15.1 Å². The van der Waals surface area contributed by atoms with Gasteiger partial charge in [0, 0.05) is 10.7 Å². The lowest BCUT2D eigenvalue weighted by Crippen LogP contribution is -2.16. The van der Waals surface area contributed by atoms with Crippen molar-refractivity contribution in [3.8, 4) is 11.5 Å². The third kappa shape index (κ3) is 2.53. The van der Waals surface area contributed by atoms with E-state index < -0.39 is 0 Å². The fourth-order valence-corrected chi connectivity index (χ4v) is 1.73. The molecule has 1 atom stereocenters. The number of nitrogens with zero attached hydrogens (tertiary/aromatic N) is 3. The number of halogens is 1. The summed E-state index contributed by atoms with van der Waals surface area (Å²) in [6, 6.07) is 3.45. The summed E-state index contributed by atoms with van der Waals surface area (Å²) >= 11 is 3.39. The Kier molecular flexibility index (Phi) is 3.54. The quantitative estimate of drug-likeness (QED) is 0.942. The molecule has 0 spiro atoms. The van der Waals surface area contributed by atoms with Crippen molar-refractivity contribution in [3.63, 3.8) is 0 Å². The van der Waals surface area contributed by atoms with Crippen LogP contribution in [0.15, 0.2) is 27.3 Å². The van der Waals surface area contributed by atoms with Crippen molar-refractivity contribution in [2.45, 2.75) is 19.9 Å². The van der Waals surface area contributed by atoms with Gasteiger partial charge in [-0.05, 0) is 34.0 Å². The van der Waals surface area contributed by atoms with Crippen LogP contribution in [0.2, 0.25) is 0 Å². The summed E-state index contributed by atoms with van der Waals surface area (Å²) in [5.74, 6) is 1.13. The first-order chi connectivity index (χ1) is 8.09. The van der Waals surface area contributed by atoms with Gasteiger partial charge in [-0.15, -0.1) is 0 Å². The smallest absolute Gasteiger partial charge is 0.244 e. The second-order valence-electron chi connectivity index (χ2n) is 4.06. The number of aromatic nitrogens is 3. The first-order valence-electron chi connectivity index (χ1n) is 5.29. The number of hydrogen-bond donors (Lipinski definition) is 1. The predicted octanol–water partition coefficient (Wildman–Crippen LogP) is 2.55. The van der Waals surface area contributed by atoms with E-state index >= 15 is 0 Å². The van der Waals surface area contributed by atoms with Gasteiger partial charge in [0.2, 0.25) is 11.7 Å². The Morgan fingerprint density at radius 2 is 2.18 bits per heavy atom. The highest BCUT2D eigenvalue weighted by molar-refractivity contribution is 9.10. The molecule has 5 nitrogen and oxygen atoms in total. The summed E-state index contributed by atoms with van der Waals surface area (Å²) in [5, 5.41) is 3.89. The molecule has 0 aliphatic rings. The van der Waals surface area contributed by atoms with Crippen LogP contribution in [0, 0.1) is 5.92 Å². The van der Waals surface area contributed by atoms with Gasteiger partial charge in [0.1, 0.15) is 5.69 Å². The van der Waals surface area contributed by atoms with E-state index in [1.54, 1.807) is 6.20 Å². The van der Waals surface area contributed by atoms with Gasteiger partial charge in [0.05, 0.1) is 6.04 Å². The fraction of sp³-hybridized carbons (Fsp3) is 0.364. The van der Waals surface area contributed by atoms with Gasteiger partial charge in [-0.1, -0.05) is 19.0 Å². The normalized spacial score (nSPS) is 13.0. The predicted molar refractivity (Wildman–Crippen MR) is 67.0 cm³/mol. The molecule has 0 saturated heterocycles. The summed E-state index contributed by atoms with van der Waals surface area (Å²) in [7, 11) is 0. The lowest BCUT2D eigenvalue weighted by molar-refractivity contribution is 0.325. The molecule has 0 fully saturated rings. The summed E-state index contributed by atoms with van der Waals surface area (Å²) in [6.07, 6.45) is 1.68. The summed E-state index contributed by atoms with van der Waals surface area (Å²) in [6.45, 7) is 4.01. The number of pyridine rings is 1. The third-order valence-corrected chi connectivity index (χ3v) is 3.06. The van der Waals surface area contributed by atoms with E-state index in [0.717, 1.165) is 4.47 Å². The van der Waals surface area contributed by atoms with Crippen LogP contribution in [0.1, 0.15) is 25.8 Å². The van der Waals surface area contributed by atoms with Crippen molar-refractivity contribution in [2.75, 3.05) is 0 Å². The van der Waals surface area contributed by atoms with Crippen molar-refractivity contribution >= 4 is 15.9 Å². The molecule has 2 aromatic heterocycles. The maximum Gasteiger partial charge on any atom is 0.244 e. The molecular formula is C11H13BrN4O. The first-order valence-corrected chi connectivity index (χ1v) is 6.09. The molecule has 0 radical (unpaired) electrons. The van der Waals surface area contributed by atoms with Crippen LogP contribution in [-0.4, -0.2) is 15.1 Å². The van der Waals surface area contributed by atoms with E-state index in [4.69, 9.17) is 10.3 Å². The standard InChI is InChI=1S/C11H13BrN4O/c1-6(2)8(13)11-15-10(16-17-11)9-7(12)4-3-5-14-9/h3-6,8H,13H2,1-2H3/t8-/m1/s1. The molecule has 2 aromatic rings. The molecular weight excluding hydrogens is 284 g/mol. The van der Waals surface area contributed by atoms with Crippen LogP contribution in [0.5, 0.6) is 0 Å². The van der Waals surface area contributed by atoms with E-state index in [9.17, 15) is 0 Å². The third-order valence-electron chi connectivity index (χ3n) is 2.42. The zero-order valence-corrected chi connectivity index (χ0v) is 11.2. The average Bonchev–Trinajstić information content (AvgIpc) is 2.77. The van der Waals surface area contributed by atoms with E-state index in [2.05, 4.69) is 31.1 Å². The van der Waals surface area contributed by atoms with E-state index in [1.807, 2.05) is 26.0 Å². The van der Waals surface area contributed by atoms with Crippen LogP contribution < -0.4 is 5.73 Å². The van der Waals surface area contributed by atoms with Crippen molar-refractivity contribution < 1.29 is 4.52 Å². The molecule has 0 aliphatic carbocycles. The Labute approximate surface area is 108 Å². The second kappa shape index (κ2) is 4.93. The minimum absolute atomic E-state index is 0.246. The molecule has 0 saturated carbocycles. The van der Waals surface area contributed by atoms with Gasteiger partial charge in [-0.3, -0.25) is 4.98 Å². The lowest BCUT2D eigenvalue weighted by atomic mass is 10.1. The number of nitrogens with two attached hydrogens (primary N) is 1. The largest absolute Gasteiger partial charge is 0.337 e. The summed E-state index contributed by atoms with van der Waals surface area (Å²) in [5.41, 5.74) is 6.59. The van der Waals surface area contributed by atoms with Crippen molar-refractivity contribution in [2.24, 2.45) is 11.7 Å². The molecule has 0 bridgehead atoms. The minimum atomic E-state index is -0.251. The second-order valence-corrected chi connectivity index (χ2v) is 4.91. The Bertz CT molecular complexity index is 512. The van der Waals surface area contributed by atoms with Gasteiger partial charge in [-0.2, -0.15) is 4.98 Å². The van der Waals surface area contributed by atoms with Gasteiger partial charge < -0.3 is 10.3 Å². The molecule has 2 rings (SSSR count). The summed E-state index contributed by atoms with van der Waals surface area (Å²) in [4.78, 5) is 8.46. The minimum Gasteiger partial charge on any atom is -0.337 e. The van der Waals surface area contributed by atoms with Gasteiger partial charge in [-0.25, -0.2) is 0 Å². The Hall–Kier alpha value is -1.27. The molecule has 0 aliphatic heterocycles. The first kappa shape index (κ1) is 12.2. The van der Waals surface area contributed by atoms with Crippen LogP contribution in [0.4, 0.5) is 0 Å². The highest BCUT2D eigenvalue weighted by Crippen LogP contribution is 2.25. The fourth-order valence-electron chi connectivity index (χ4n) is 1.30. The summed E-state index contributed by atoms with van der Waals surface area (Å²) < 4.78 is 5.97. The topological polar surface area (TPSA) is 77.8 Å². The van der Waals surface area contributed by atoms with Gasteiger partial charge in [0.15, 0.2) is 0 Å². The van der Waals surface area contributed by atoms with Crippen molar-refractivity contribution in [1.29, 1.82) is 0 Å². The monoisotopic (exact) mass is 296 g/mol. The molecule has 0 unspecified atom stereocenters. The van der Waals surface area contributed by atoms with E-state index in [-0.39, 0.29) is 12.0 Å². The molecule has 2 N–H and O–H groups in total. The Balaban J connectivity index is 2.34. The van der Waals surface area contributed by atoms with Crippen molar-refractivity contribution in [3.05, 3.63) is 28.7 Å². The molecule has 0 amide bonds. The van der Waals surface area contributed by atoms with Crippen LogP contribution in [0.25, 0.3) is 11.5 Å². The highest BCUT2D eigenvalue weighted by Gasteiger charge is 2.19.